The van der Waals surface area contributed by atoms with Gasteiger partial charge in [-0.1, -0.05) is 25.1 Å². The molecule has 1 saturated heterocycles. The fourth-order valence-electron chi connectivity index (χ4n) is 3.95. The lowest BCUT2D eigenvalue weighted by atomic mass is 10.00. The zero-order valence-corrected chi connectivity index (χ0v) is 21.0. The number of hydrogen-bond donors (Lipinski definition) is 0. The van der Waals surface area contributed by atoms with Crippen LogP contribution in [0.4, 0.5) is 0 Å². The van der Waals surface area contributed by atoms with E-state index in [4.69, 9.17) is 14.2 Å². The third-order valence-electron chi connectivity index (χ3n) is 5.88. The maximum atomic E-state index is 5.51. The largest absolute Gasteiger partial charge is 0.497 e. The number of thioether (sulfide) groups is 2. The van der Waals surface area contributed by atoms with E-state index in [1.807, 2.05) is 12.1 Å². The molecule has 1 aliphatic heterocycles. The molecule has 31 heavy (non-hydrogen) atoms. The average molecular weight is 462 g/mol. The molecule has 1 atom stereocenters. The van der Waals surface area contributed by atoms with Crippen LogP contribution in [0.1, 0.15) is 37.3 Å². The summed E-state index contributed by atoms with van der Waals surface area (Å²) < 4.78 is 16.4. The van der Waals surface area contributed by atoms with Gasteiger partial charge in [0.1, 0.15) is 9.95 Å². The molecule has 6 heteroatoms. The molecule has 2 aromatic rings. The summed E-state index contributed by atoms with van der Waals surface area (Å²) in [5, 5.41) is 0. The van der Waals surface area contributed by atoms with Crippen molar-refractivity contribution in [2.75, 3.05) is 45.9 Å². The van der Waals surface area contributed by atoms with Gasteiger partial charge in [-0.25, -0.2) is 0 Å². The van der Waals surface area contributed by atoms with Crippen LogP contribution >= 0.6 is 23.5 Å². The van der Waals surface area contributed by atoms with Crippen LogP contribution in [0, 0.1) is 0 Å². The topological polar surface area (TPSA) is 30.9 Å². The number of benzene rings is 2. The Kier molecular flexibility index (Phi) is 8.87. The van der Waals surface area contributed by atoms with Gasteiger partial charge in [0.2, 0.25) is 0 Å². The first-order valence-electron chi connectivity index (χ1n) is 10.9. The second kappa shape index (κ2) is 11.4. The van der Waals surface area contributed by atoms with Crippen molar-refractivity contribution in [3.63, 3.8) is 0 Å². The van der Waals surface area contributed by atoms with Crippen LogP contribution in [0.15, 0.2) is 42.5 Å². The molecule has 3 rings (SSSR count). The summed E-state index contributed by atoms with van der Waals surface area (Å²) in [6.45, 7) is 6.73. The number of ether oxygens (including phenoxy) is 3. The number of methoxy groups -OCH3 is 3. The second-order valence-corrected chi connectivity index (χ2v) is 11.3. The molecule has 4 nitrogen and oxygen atoms in total. The summed E-state index contributed by atoms with van der Waals surface area (Å²) in [5.74, 6) is 5.37. The molecule has 0 saturated carbocycles. The van der Waals surface area contributed by atoms with Gasteiger partial charge < -0.3 is 14.2 Å². The van der Waals surface area contributed by atoms with E-state index in [0.29, 0.717) is 5.92 Å². The van der Waals surface area contributed by atoms with Crippen LogP contribution < -0.4 is 14.2 Å². The minimum Gasteiger partial charge on any atom is -0.497 e. The predicted octanol–water partition coefficient (Wildman–Crippen LogP) is 5.90. The maximum absolute atomic E-state index is 5.51. The number of nitrogens with zero attached hydrogens (tertiary/aromatic N) is 1. The molecule has 0 aliphatic carbocycles. The first-order valence-corrected chi connectivity index (χ1v) is 12.8. The zero-order chi connectivity index (χ0) is 22.3. The lowest BCUT2D eigenvalue weighted by Gasteiger charge is -2.44. The molecular formula is C25H35NO3S2. The van der Waals surface area contributed by atoms with E-state index < -0.39 is 0 Å². The van der Waals surface area contributed by atoms with E-state index in [1.165, 1.54) is 29.1 Å². The average Bonchev–Trinajstić information content (AvgIpc) is 2.81. The molecule has 0 radical (unpaired) electrons. The quantitative estimate of drug-likeness (QED) is 0.437. The van der Waals surface area contributed by atoms with Crippen molar-refractivity contribution in [2.24, 2.45) is 0 Å². The minimum absolute atomic E-state index is 0.0991. The standard InChI is InChI=1S/C25H35NO3S2/c1-19(21-8-6-9-22(17-21)27-3)18-26(25(2)30-14-7-15-31-25)13-12-20-10-11-23(28-4)24(16-20)29-5/h6,8-11,16-17,19H,7,12-15,18H2,1-5H3. The van der Waals surface area contributed by atoms with E-state index >= 15 is 0 Å². The molecule has 1 fully saturated rings. The van der Waals surface area contributed by atoms with E-state index in [-0.39, 0.29) is 4.20 Å². The normalized spacial score (nSPS) is 16.7. The van der Waals surface area contributed by atoms with Gasteiger partial charge in [-0.15, -0.1) is 23.5 Å². The molecule has 0 amide bonds. The lowest BCUT2D eigenvalue weighted by molar-refractivity contribution is 0.235. The first kappa shape index (κ1) is 24.1. The van der Waals surface area contributed by atoms with Crippen LogP contribution in [-0.2, 0) is 6.42 Å². The van der Waals surface area contributed by atoms with Gasteiger partial charge in [-0.2, -0.15) is 0 Å². The van der Waals surface area contributed by atoms with Gasteiger partial charge in [-0.05, 0) is 72.6 Å². The Morgan fingerprint density at radius 2 is 1.71 bits per heavy atom. The molecule has 1 heterocycles. The second-order valence-electron chi connectivity index (χ2n) is 8.01. The molecule has 0 bridgehead atoms. The highest BCUT2D eigenvalue weighted by Crippen LogP contribution is 2.45. The molecule has 170 valence electrons. The van der Waals surface area contributed by atoms with Crippen LogP contribution in [0.25, 0.3) is 0 Å². The smallest absolute Gasteiger partial charge is 0.160 e. The third-order valence-corrected chi connectivity index (χ3v) is 9.16. The molecule has 1 aliphatic rings. The molecule has 0 aromatic heterocycles. The fraction of sp³-hybridized carbons (Fsp3) is 0.520. The Balaban J connectivity index is 1.76. The van der Waals surface area contributed by atoms with Crippen molar-refractivity contribution in [3.8, 4) is 17.2 Å². The van der Waals surface area contributed by atoms with Crippen molar-refractivity contribution in [2.45, 2.75) is 36.8 Å². The van der Waals surface area contributed by atoms with Gasteiger partial charge in [0.05, 0.1) is 21.3 Å². The summed E-state index contributed by atoms with van der Waals surface area (Å²) >= 11 is 4.17. The predicted molar refractivity (Wildman–Crippen MR) is 134 cm³/mol. The Hall–Kier alpha value is -1.50. The third kappa shape index (κ3) is 6.27. The number of rotatable bonds is 10. The highest BCUT2D eigenvalue weighted by molar-refractivity contribution is 8.18. The van der Waals surface area contributed by atoms with Crippen LogP contribution in [-0.4, -0.2) is 55.0 Å². The lowest BCUT2D eigenvalue weighted by Crippen LogP contribution is -2.46. The van der Waals surface area contributed by atoms with E-state index in [1.54, 1.807) is 21.3 Å². The van der Waals surface area contributed by atoms with Gasteiger partial charge in [0.25, 0.3) is 0 Å². The summed E-state index contributed by atoms with van der Waals surface area (Å²) in [7, 11) is 5.10. The van der Waals surface area contributed by atoms with Gasteiger partial charge in [-0.3, -0.25) is 4.90 Å². The van der Waals surface area contributed by atoms with Crippen LogP contribution in [0.3, 0.4) is 0 Å². The fourth-order valence-corrected chi connectivity index (χ4v) is 7.00. The minimum atomic E-state index is 0.0991. The summed E-state index contributed by atoms with van der Waals surface area (Å²) in [5.41, 5.74) is 2.59. The van der Waals surface area contributed by atoms with E-state index in [2.05, 4.69) is 72.6 Å². The van der Waals surface area contributed by atoms with Crippen LogP contribution in [0.2, 0.25) is 0 Å². The molecule has 0 spiro atoms. The Morgan fingerprint density at radius 3 is 2.39 bits per heavy atom. The SMILES string of the molecule is COc1cccc(C(C)CN(CCc2ccc(OC)c(OC)c2)C2(C)SCCCS2)c1. The zero-order valence-electron chi connectivity index (χ0n) is 19.3. The molecule has 1 unspecified atom stereocenters. The van der Waals surface area contributed by atoms with Crippen molar-refractivity contribution in [3.05, 3.63) is 53.6 Å². The van der Waals surface area contributed by atoms with E-state index in [9.17, 15) is 0 Å². The van der Waals surface area contributed by atoms with Crippen molar-refractivity contribution >= 4 is 23.5 Å². The summed E-state index contributed by atoms with van der Waals surface area (Å²) in [6.07, 6.45) is 2.27. The van der Waals surface area contributed by atoms with Gasteiger partial charge >= 0.3 is 0 Å². The molecule has 0 N–H and O–H groups in total. The monoisotopic (exact) mass is 461 g/mol. The molecule has 2 aromatic carbocycles. The summed E-state index contributed by atoms with van der Waals surface area (Å²) in [6, 6.07) is 14.7. The van der Waals surface area contributed by atoms with Crippen LogP contribution in [0.5, 0.6) is 17.2 Å². The first-order chi connectivity index (χ1) is 15.0. The van der Waals surface area contributed by atoms with Crippen molar-refractivity contribution in [1.82, 2.24) is 4.90 Å². The van der Waals surface area contributed by atoms with E-state index in [0.717, 1.165) is 36.8 Å². The maximum Gasteiger partial charge on any atom is 0.160 e. The highest BCUT2D eigenvalue weighted by atomic mass is 32.2. The van der Waals surface area contributed by atoms with Crippen molar-refractivity contribution < 1.29 is 14.2 Å². The van der Waals surface area contributed by atoms with Gasteiger partial charge in [0, 0.05) is 13.1 Å². The highest BCUT2D eigenvalue weighted by Gasteiger charge is 2.35. The Labute approximate surface area is 196 Å². The Morgan fingerprint density at radius 1 is 0.968 bits per heavy atom. The molecular weight excluding hydrogens is 426 g/mol. The number of hydrogen-bond acceptors (Lipinski definition) is 6. The Bertz CT molecular complexity index is 839. The van der Waals surface area contributed by atoms with Gasteiger partial charge in [0.15, 0.2) is 11.5 Å². The summed E-state index contributed by atoms with van der Waals surface area (Å²) in [4.78, 5) is 2.67. The van der Waals surface area contributed by atoms with Crippen molar-refractivity contribution in [1.29, 1.82) is 0 Å².